The van der Waals surface area contributed by atoms with Crippen molar-refractivity contribution in [3.63, 3.8) is 0 Å². The Labute approximate surface area is 285 Å². The van der Waals surface area contributed by atoms with Crippen molar-refractivity contribution in [2.75, 3.05) is 0 Å². The largest absolute Gasteiger partial charge is 0.304 e. The van der Waals surface area contributed by atoms with E-state index in [-0.39, 0.29) is 20.1 Å². The molecule has 0 unspecified atom stereocenters. The van der Waals surface area contributed by atoms with Gasteiger partial charge in [-0.15, -0.1) is 41.5 Å². The van der Waals surface area contributed by atoms with E-state index in [1.54, 1.807) is 0 Å². The third-order valence-corrected chi connectivity index (χ3v) is 8.66. The number of hydrogen-bond acceptors (Lipinski definition) is 2. The number of benzene rings is 5. The van der Waals surface area contributed by atoms with Gasteiger partial charge in [0.1, 0.15) is 0 Å². The molecule has 0 amide bonds. The zero-order chi connectivity index (χ0) is 30.3. The van der Waals surface area contributed by atoms with Crippen LogP contribution in [0.1, 0.15) is 43.6 Å². The molecule has 2 aromatic heterocycles. The Balaban J connectivity index is 0.000000158. The fourth-order valence-electron chi connectivity index (χ4n) is 6.17. The van der Waals surface area contributed by atoms with E-state index in [0.717, 1.165) is 33.8 Å². The Morgan fingerprint density at radius 2 is 1.33 bits per heavy atom. The van der Waals surface area contributed by atoms with Crippen LogP contribution in [-0.4, -0.2) is 14.8 Å². The summed E-state index contributed by atoms with van der Waals surface area (Å²) in [7, 11) is 0. The number of para-hydroxylation sites is 1. The van der Waals surface area contributed by atoms with Crippen molar-refractivity contribution in [3.8, 4) is 39.2 Å². The zero-order valence-electron chi connectivity index (χ0n) is 25.6. The zero-order valence-corrected chi connectivity index (χ0v) is 28.0. The fourth-order valence-corrected chi connectivity index (χ4v) is 6.17. The van der Waals surface area contributed by atoms with Crippen molar-refractivity contribution >= 4 is 10.8 Å². The quantitative estimate of drug-likeness (QED) is 0.163. The molecule has 0 spiro atoms. The summed E-state index contributed by atoms with van der Waals surface area (Å²) in [6.07, 6.45) is 12.8. The maximum absolute atomic E-state index is 4.58. The molecule has 7 aromatic rings. The summed E-state index contributed by atoms with van der Waals surface area (Å²) in [5, 5.41) is 6.82. The maximum Gasteiger partial charge on any atom is 0.0571 e. The van der Waals surface area contributed by atoms with E-state index in [0.29, 0.717) is 0 Å². The van der Waals surface area contributed by atoms with Crippen LogP contribution < -0.4 is 0 Å². The van der Waals surface area contributed by atoms with E-state index in [1.807, 2.05) is 59.5 Å². The Kier molecular flexibility index (Phi) is 10.3. The first kappa shape index (κ1) is 31.4. The van der Waals surface area contributed by atoms with Gasteiger partial charge in [-0.1, -0.05) is 104 Å². The van der Waals surface area contributed by atoms with Gasteiger partial charge in [0.15, 0.2) is 0 Å². The van der Waals surface area contributed by atoms with Crippen LogP contribution in [0.25, 0.3) is 50.0 Å². The number of hydrogen-bond donors (Lipinski definition) is 0. The van der Waals surface area contributed by atoms with Gasteiger partial charge in [0.05, 0.1) is 6.20 Å². The van der Waals surface area contributed by atoms with Gasteiger partial charge in [-0.2, -0.15) is 29.4 Å². The molecule has 1 aliphatic carbocycles. The van der Waals surface area contributed by atoms with E-state index >= 15 is 0 Å². The van der Waals surface area contributed by atoms with Crippen LogP contribution in [0.15, 0.2) is 146 Å². The van der Waals surface area contributed by atoms with Crippen molar-refractivity contribution < 1.29 is 20.1 Å². The molecule has 1 fully saturated rings. The molecule has 0 atom stereocenters. The van der Waals surface area contributed by atoms with Crippen LogP contribution in [0.5, 0.6) is 0 Å². The molecule has 2 heterocycles. The first-order valence-corrected chi connectivity index (χ1v) is 15.8. The normalized spacial score (nSPS) is 13.0. The predicted octanol–water partition coefficient (Wildman–Crippen LogP) is 10.8. The molecule has 229 valence electrons. The SMILES string of the molecule is [Ir].[c-]1ccc(-c2ccccc2)cc1-c1cc2ccccc2cn1.[c-]1ccccc1-n1cc(-c2ccc(C3CCCCC3)cc2)cn1. The van der Waals surface area contributed by atoms with Gasteiger partial charge in [-0.25, -0.2) is 0 Å². The average molecular weight is 774 g/mol. The van der Waals surface area contributed by atoms with Gasteiger partial charge < -0.3 is 4.98 Å². The summed E-state index contributed by atoms with van der Waals surface area (Å²) in [4.78, 5) is 4.58. The molecule has 0 aliphatic heterocycles. The van der Waals surface area contributed by atoms with Gasteiger partial charge in [0.2, 0.25) is 0 Å². The first-order valence-electron chi connectivity index (χ1n) is 15.8. The summed E-state index contributed by atoms with van der Waals surface area (Å²) in [5.41, 5.74) is 9.21. The molecule has 1 saturated carbocycles. The van der Waals surface area contributed by atoms with Gasteiger partial charge >= 0.3 is 0 Å². The molecule has 0 N–H and O–H groups in total. The summed E-state index contributed by atoms with van der Waals surface area (Å²) in [5.74, 6) is 0.763. The summed E-state index contributed by atoms with van der Waals surface area (Å²) < 4.78 is 1.88. The summed E-state index contributed by atoms with van der Waals surface area (Å²) in [6.45, 7) is 0. The molecule has 5 aromatic carbocycles. The van der Waals surface area contributed by atoms with Crippen LogP contribution >= 0.6 is 0 Å². The van der Waals surface area contributed by atoms with Crippen LogP contribution in [0.3, 0.4) is 0 Å². The predicted molar refractivity (Wildman–Crippen MR) is 185 cm³/mol. The Morgan fingerprint density at radius 3 is 2.11 bits per heavy atom. The molecule has 1 aliphatic rings. The Morgan fingerprint density at radius 1 is 0.587 bits per heavy atom. The number of rotatable bonds is 5. The fraction of sp³-hybridized carbons (Fsp3) is 0.143. The van der Waals surface area contributed by atoms with E-state index in [1.165, 1.54) is 59.7 Å². The van der Waals surface area contributed by atoms with E-state index in [4.69, 9.17) is 0 Å². The molecular formula is C42H35IrN3-2. The Bertz CT molecular complexity index is 1980. The second-order valence-electron chi connectivity index (χ2n) is 11.7. The third-order valence-electron chi connectivity index (χ3n) is 8.66. The van der Waals surface area contributed by atoms with Gasteiger partial charge in [-0.05, 0) is 57.6 Å². The van der Waals surface area contributed by atoms with Crippen LogP contribution in [0.4, 0.5) is 0 Å². The van der Waals surface area contributed by atoms with Crippen molar-refractivity contribution in [1.29, 1.82) is 0 Å². The molecular weight excluding hydrogens is 739 g/mol. The molecule has 0 bridgehead atoms. The minimum absolute atomic E-state index is 0. The molecule has 0 saturated heterocycles. The van der Waals surface area contributed by atoms with E-state index in [9.17, 15) is 0 Å². The van der Waals surface area contributed by atoms with Crippen LogP contribution in [0, 0.1) is 12.1 Å². The van der Waals surface area contributed by atoms with Gasteiger partial charge in [-0.3, -0.25) is 4.68 Å². The maximum atomic E-state index is 4.58. The molecule has 46 heavy (non-hydrogen) atoms. The summed E-state index contributed by atoms with van der Waals surface area (Å²) >= 11 is 0. The van der Waals surface area contributed by atoms with E-state index < -0.39 is 0 Å². The Hall–Kier alpha value is -4.63. The second-order valence-corrected chi connectivity index (χ2v) is 11.7. The molecule has 8 rings (SSSR count). The second kappa shape index (κ2) is 15.1. The monoisotopic (exact) mass is 774 g/mol. The van der Waals surface area contributed by atoms with Crippen LogP contribution in [-0.2, 0) is 20.1 Å². The average Bonchev–Trinajstić information content (AvgIpc) is 3.64. The summed E-state index contributed by atoms with van der Waals surface area (Å²) in [6, 6.07) is 50.5. The van der Waals surface area contributed by atoms with Crippen molar-refractivity contribution in [2.45, 2.75) is 38.0 Å². The van der Waals surface area contributed by atoms with Gasteiger partial charge in [0, 0.05) is 38.1 Å². The third kappa shape index (κ3) is 7.42. The van der Waals surface area contributed by atoms with Crippen LogP contribution in [0.2, 0.25) is 0 Å². The van der Waals surface area contributed by atoms with Gasteiger partial charge in [0.25, 0.3) is 0 Å². The van der Waals surface area contributed by atoms with Crippen molar-refractivity contribution in [1.82, 2.24) is 14.8 Å². The number of aromatic nitrogens is 3. The number of nitrogens with zero attached hydrogens (tertiary/aromatic N) is 3. The molecule has 3 nitrogen and oxygen atoms in total. The van der Waals surface area contributed by atoms with Crippen molar-refractivity contribution in [3.05, 3.63) is 164 Å². The minimum Gasteiger partial charge on any atom is -0.304 e. The topological polar surface area (TPSA) is 30.7 Å². The number of fused-ring (bicyclic) bond motifs is 1. The van der Waals surface area contributed by atoms with Crippen molar-refractivity contribution in [2.24, 2.45) is 0 Å². The minimum atomic E-state index is 0. The van der Waals surface area contributed by atoms with E-state index in [2.05, 4.69) is 113 Å². The standard InChI is InChI=1S/C21H21N2.C21H14N.Ir/c1-3-7-17(8-4-1)18-11-13-19(14-12-18)20-15-22-23(16-20)21-9-5-2-6-10-21;1-2-7-16(8-3-1)17-11-6-12-19(13-17)21-14-18-9-4-5-10-20(18)15-22-21;/h2,5-6,9,11-17H,1,3-4,7-8H2;1-11,13-15H;/q2*-1;. The molecule has 1 radical (unpaired) electrons. The number of pyridine rings is 1. The molecule has 4 heteroatoms. The first-order chi connectivity index (χ1) is 22.3. The smallest absolute Gasteiger partial charge is 0.0571 e.